The van der Waals surface area contributed by atoms with Gasteiger partial charge in [0.05, 0.1) is 18.8 Å². The lowest BCUT2D eigenvalue weighted by Crippen LogP contribution is -2.45. The predicted octanol–water partition coefficient (Wildman–Crippen LogP) is 15.0. The van der Waals surface area contributed by atoms with Crippen LogP contribution in [0.5, 0.6) is 0 Å². The van der Waals surface area contributed by atoms with Crippen LogP contribution in [0.2, 0.25) is 0 Å². The maximum Gasteiger partial charge on any atom is 0.220 e. The maximum absolute atomic E-state index is 12.2. The number of amides is 1. The fraction of sp³-hybridized carbons (Fsp3) is 0.938. The molecule has 310 valence electrons. The molecule has 0 aliphatic carbocycles. The lowest BCUT2D eigenvalue weighted by Gasteiger charge is -2.19. The molecule has 0 aromatic heterocycles. The summed E-state index contributed by atoms with van der Waals surface area (Å²) in [6.07, 6.45) is 57.3. The van der Waals surface area contributed by atoms with E-state index in [1.165, 1.54) is 225 Å². The van der Waals surface area contributed by atoms with Crippen molar-refractivity contribution in [2.24, 2.45) is 0 Å². The van der Waals surface area contributed by atoms with Gasteiger partial charge in [-0.25, -0.2) is 0 Å². The first-order chi connectivity index (χ1) is 25.7. The second kappa shape index (κ2) is 44.5. The Morgan fingerprint density at radius 1 is 0.442 bits per heavy atom. The van der Waals surface area contributed by atoms with Gasteiger partial charge in [-0.05, 0) is 12.8 Å². The molecule has 1 amide bonds. The van der Waals surface area contributed by atoms with Crippen LogP contribution >= 0.6 is 0 Å². The number of hydrogen-bond donors (Lipinski definition) is 3. The number of rotatable bonds is 44. The number of nitrogens with one attached hydrogen (secondary N) is 1. The average Bonchev–Trinajstić information content (AvgIpc) is 3.15. The molecule has 0 radical (unpaired) electrons. The lowest BCUT2D eigenvalue weighted by molar-refractivity contribution is -0.123. The highest BCUT2D eigenvalue weighted by atomic mass is 16.3. The summed E-state index contributed by atoms with van der Waals surface area (Å²) in [6, 6.07) is -0.613. The Balaban J connectivity index is 3.22. The Kier molecular flexibility index (Phi) is 43.8. The molecule has 0 saturated heterocycles. The number of aliphatic hydroxyl groups is 2. The SMILES string of the molecule is CCC/C=C/C(O)C(CO)NC(=O)CCCCCCCCCCCCCCCCCCCCCCCCCCCCCCCCCCCCCCC. The highest BCUT2D eigenvalue weighted by Gasteiger charge is 2.17. The van der Waals surface area contributed by atoms with Gasteiger partial charge in [-0.3, -0.25) is 4.79 Å². The van der Waals surface area contributed by atoms with E-state index in [1.807, 2.05) is 6.08 Å². The molecule has 0 fully saturated rings. The minimum atomic E-state index is -0.830. The van der Waals surface area contributed by atoms with Crippen molar-refractivity contribution in [3.63, 3.8) is 0 Å². The first-order valence-corrected chi connectivity index (χ1v) is 23.9. The van der Waals surface area contributed by atoms with E-state index in [1.54, 1.807) is 6.08 Å². The molecule has 0 spiro atoms. The number of carbonyl (C=O) groups excluding carboxylic acids is 1. The highest BCUT2D eigenvalue weighted by Crippen LogP contribution is 2.17. The van der Waals surface area contributed by atoms with E-state index < -0.39 is 12.1 Å². The summed E-state index contributed by atoms with van der Waals surface area (Å²) in [4.78, 5) is 12.2. The highest BCUT2D eigenvalue weighted by molar-refractivity contribution is 5.76. The van der Waals surface area contributed by atoms with Crippen molar-refractivity contribution in [2.45, 2.75) is 283 Å². The van der Waals surface area contributed by atoms with Gasteiger partial charge in [-0.15, -0.1) is 0 Å². The first-order valence-electron chi connectivity index (χ1n) is 23.9. The predicted molar refractivity (Wildman–Crippen MR) is 230 cm³/mol. The molecule has 4 heteroatoms. The molecule has 0 saturated carbocycles. The fourth-order valence-electron chi connectivity index (χ4n) is 7.60. The number of allylic oxidation sites excluding steroid dienone is 1. The van der Waals surface area contributed by atoms with Crippen LogP contribution in [-0.2, 0) is 4.79 Å². The Hall–Kier alpha value is -0.870. The summed E-state index contributed by atoms with van der Waals surface area (Å²) < 4.78 is 0. The zero-order valence-electron chi connectivity index (χ0n) is 35.6. The van der Waals surface area contributed by atoms with Crippen LogP contribution in [-0.4, -0.2) is 34.9 Å². The molecule has 0 aromatic carbocycles. The normalized spacial score (nSPS) is 12.9. The molecule has 0 rings (SSSR count). The standard InChI is InChI=1S/C48H95NO3/c1-3-5-7-8-9-10-11-12-13-14-15-16-17-18-19-20-21-22-23-24-25-26-27-28-29-30-31-32-33-34-35-36-37-38-39-40-42-44-48(52)49-46(45-50)47(51)43-41-6-4-2/h41,43,46-47,50-51H,3-40,42,44-45H2,1-2H3,(H,49,52)/b43-41+. The summed E-state index contributed by atoms with van der Waals surface area (Å²) in [7, 11) is 0. The van der Waals surface area contributed by atoms with Gasteiger partial charge in [0.15, 0.2) is 0 Å². The molecule has 2 atom stereocenters. The second-order valence-corrected chi connectivity index (χ2v) is 16.5. The molecular formula is C48H95NO3. The molecule has 0 heterocycles. The van der Waals surface area contributed by atoms with Crippen LogP contribution in [0.3, 0.4) is 0 Å². The van der Waals surface area contributed by atoms with E-state index in [0.29, 0.717) is 6.42 Å². The van der Waals surface area contributed by atoms with E-state index in [2.05, 4.69) is 19.2 Å². The third-order valence-electron chi connectivity index (χ3n) is 11.3. The molecule has 3 N–H and O–H groups in total. The van der Waals surface area contributed by atoms with Crippen molar-refractivity contribution in [2.75, 3.05) is 6.61 Å². The van der Waals surface area contributed by atoms with Crippen molar-refractivity contribution in [3.05, 3.63) is 12.2 Å². The maximum atomic E-state index is 12.2. The zero-order valence-corrected chi connectivity index (χ0v) is 35.6. The third-order valence-corrected chi connectivity index (χ3v) is 11.3. The van der Waals surface area contributed by atoms with Gasteiger partial charge in [-0.2, -0.15) is 0 Å². The lowest BCUT2D eigenvalue weighted by atomic mass is 10.0. The Morgan fingerprint density at radius 3 is 0.962 bits per heavy atom. The second-order valence-electron chi connectivity index (χ2n) is 16.5. The number of unbranched alkanes of at least 4 members (excludes halogenated alkanes) is 37. The topological polar surface area (TPSA) is 69.6 Å². The van der Waals surface area contributed by atoms with E-state index in [0.717, 1.165) is 25.7 Å². The number of hydrogen-bond acceptors (Lipinski definition) is 3. The smallest absolute Gasteiger partial charge is 0.220 e. The summed E-state index contributed by atoms with van der Waals surface area (Å²) in [5.41, 5.74) is 0. The Labute approximate surface area is 327 Å². The molecule has 0 aromatic rings. The van der Waals surface area contributed by atoms with E-state index >= 15 is 0 Å². The van der Waals surface area contributed by atoms with Crippen molar-refractivity contribution < 1.29 is 15.0 Å². The summed E-state index contributed by atoms with van der Waals surface area (Å²) in [6.45, 7) is 4.13. The van der Waals surface area contributed by atoms with Crippen LogP contribution in [0.4, 0.5) is 0 Å². The number of carbonyl (C=O) groups is 1. The quantitative estimate of drug-likeness (QED) is 0.0431. The van der Waals surface area contributed by atoms with Gasteiger partial charge in [-0.1, -0.05) is 264 Å². The Bertz CT molecular complexity index is 710. The van der Waals surface area contributed by atoms with Crippen molar-refractivity contribution in [1.29, 1.82) is 0 Å². The molecule has 0 aliphatic heterocycles. The minimum absolute atomic E-state index is 0.0710. The minimum Gasteiger partial charge on any atom is -0.394 e. The molecule has 52 heavy (non-hydrogen) atoms. The molecule has 0 bridgehead atoms. The largest absolute Gasteiger partial charge is 0.394 e. The van der Waals surface area contributed by atoms with Crippen molar-refractivity contribution in [3.8, 4) is 0 Å². The van der Waals surface area contributed by atoms with Crippen molar-refractivity contribution >= 4 is 5.91 Å². The van der Waals surface area contributed by atoms with Gasteiger partial charge in [0, 0.05) is 6.42 Å². The van der Waals surface area contributed by atoms with Crippen LogP contribution < -0.4 is 5.32 Å². The van der Waals surface area contributed by atoms with Crippen molar-refractivity contribution in [1.82, 2.24) is 5.32 Å². The zero-order chi connectivity index (χ0) is 37.8. The number of aliphatic hydroxyl groups excluding tert-OH is 2. The summed E-state index contributed by atoms with van der Waals surface area (Å²) in [5.74, 6) is -0.0710. The molecular weight excluding hydrogens is 639 g/mol. The molecule has 0 aliphatic rings. The fourth-order valence-corrected chi connectivity index (χ4v) is 7.60. The van der Waals surface area contributed by atoms with Gasteiger partial charge in [0.1, 0.15) is 0 Å². The Morgan fingerprint density at radius 2 is 0.712 bits per heavy atom. The average molecular weight is 734 g/mol. The van der Waals surface area contributed by atoms with E-state index in [-0.39, 0.29) is 12.5 Å². The van der Waals surface area contributed by atoms with Crippen LogP contribution in [0.15, 0.2) is 12.2 Å². The van der Waals surface area contributed by atoms with Gasteiger partial charge < -0.3 is 15.5 Å². The summed E-state index contributed by atoms with van der Waals surface area (Å²) in [5, 5.41) is 22.4. The monoisotopic (exact) mass is 734 g/mol. The van der Waals surface area contributed by atoms with E-state index in [4.69, 9.17) is 0 Å². The van der Waals surface area contributed by atoms with Gasteiger partial charge >= 0.3 is 0 Å². The summed E-state index contributed by atoms with van der Waals surface area (Å²) >= 11 is 0. The van der Waals surface area contributed by atoms with Crippen LogP contribution in [0, 0.1) is 0 Å². The van der Waals surface area contributed by atoms with E-state index in [9.17, 15) is 15.0 Å². The van der Waals surface area contributed by atoms with Crippen LogP contribution in [0.1, 0.15) is 271 Å². The van der Waals surface area contributed by atoms with Gasteiger partial charge in [0.2, 0.25) is 5.91 Å². The molecule has 2 unspecified atom stereocenters. The first kappa shape index (κ1) is 51.1. The molecule has 4 nitrogen and oxygen atoms in total. The van der Waals surface area contributed by atoms with Gasteiger partial charge in [0.25, 0.3) is 0 Å². The third kappa shape index (κ3) is 40.3. The van der Waals surface area contributed by atoms with Crippen LogP contribution in [0.25, 0.3) is 0 Å².